The average molecular weight is 321 g/mol. The summed E-state index contributed by atoms with van der Waals surface area (Å²) in [6.07, 6.45) is 2.70. The summed E-state index contributed by atoms with van der Waals surface area (Å²) in [5.74, 6) is -4.47. The first-order valence-electron chi connectivity index (χ1n) is 6.68. The van der Waals surface area contributed by atoms with Crippen molar-refractivity contribution in [3.05, 3.63) is 29.6 Å². The highest BCUT2D eigenvalue weighted by atomic mass is 35.5. The van der Waals surface area contributed by atoms with E-state index in [4.69, 9.17) is 0 Å². The van der Waals surface area contributed by atoms with Crippen LogP contribution in [0.25, 0.3) is 0 Å². The molecule has 0 bridgehead atoms. The first-order chi connectivity index (χ1) is 9.52. The molecule has 1 aliphatic carbocycles. The number of hydrogen-bond donors (Lipinski definition) is 2. The van der Waals surface area contributed by atoms with Crippen LogP contribution in [0.2, 0.25) is 0 Å². The standard InChI is InChI=1S/C14H15F3N2O.ClH/c15-10-5-8(6-11(16)12(10)17)19-13(20)9-7-14(9)1-3-18-4-2-14;/h5-6,9,18H,1-4,7H2,(H,19,20);1H. The molecule has 3 nitrogen and oxygen atoms in total. The molecule has 1 saturated heterocycles. The molecule has 1 atom stereocenters. The van der Waals surface area contributed by atoms with Gasteiger partial charge in [-0.2, -0.15) is 0 Å². The van der Waals surface area contributed by atoms with Gasteiger partial charge in [0, 0.05) is 23.7 Å². The smallest absolute Gasteiger partial charge is 0.228 e. The van der Waals surface area contributed by atoms with E-state index in [1.165, 1.54) is 0 Å². The molecule has 116 valence electrons. The van der Waals surface area contributed by atoms with E-state index in [2.05, 4.69) is 10.6 Å². The fraction of sp³-hybridized carbons (Fsp3) is 0.500. The highest BCUT2D eigenvalue weighted by molar-refractivity contribution is 5.95. The molecule has 0 aromatic heterocycles. The maximum absolute atomic E-state index is 13.1. The maximum Gasteiger partial charge on any atom is 0.228 e. The zero-order valence-electron chi connectivity index (χ0n) is 11.2. The molecule has 1 amide bonds. The largest absolute Gasteiger partial charge is 0.326 e. The highest BCUT2D eigenvalue weighted by Crippen LogP contribution is 2.58. The molecule has 1 aromatic rings. The summed E-state index contributed by atoms with van der Waals surface area (Å²) < 4.78 is 39.0. The van der Waals surface area contributed by atoms with Crippen molar-refractivity contribution in [1.29, 1.82) is 0 Å². The van der Waals surface area contributed by atoms with Gasteiger partial charge in [-0.05, 0) is 37.8 Å². The predicted octanol–water partition coefficient (Wildman–Crippen LogP) is 2.85. The van der Waals surface area contributed by atoms with Crippen LogP contribution in [0, 0.1) is 28.8 Å². The Morgan fingerprint density at radius 1 is 1.19 bits per heavy atom. The molecule has 21 heavy (non-hydrogen) atoms. The van der Waals surface area contributed by atoms with Crippen molar-refractivity contribution in [3.8, 4) is 0 Å². The minimum atomic E-state index is -1.52. The first kappa shape index (κ1) is 16.1. The number of piperidine rings is 1. The molecule has 1 aliphatic heterocycles. The van der Waals surface area contributed by atoms with Gasteiger partial charge in [0.05, 0.1) is 0 Å². The number of carbonyl (C=O) groups is 1. The van der Waals surface area contributed by atoms with Crippen molar-refractivity contribution in [2.24, 2.45) is 11.3 Å². The Morgan fingerprint density at radius 2 is 1.76 bits per heavy atom. The van der Waals surface area contributed by atoms with E-state index in [-0.39, 0.29) is 35.3 Å². The molecule has 1 aromatic carbocycles. The third-order valence-electron chi connectivity index (χ3n) is 4.36. The number of anilines is 1. The maximum atomic E-state index is 13.1. The number of rotatable bonds is 2. The van der Waals surface area contributed by atoms with Crippen molar-refractivity contribution in [1.82, 2.24) is 5.32 Å². The Hall–Kier alpha value is -1.27. The number of nitrogens with one attached hydrogen (secondary N) is 2. The van der Waals surface area contributed by atoms with E-state index in [1.807, 2.05) is 0 Å². The molecule has 1 unspecified atom stereocenters. The molecular weight excluding hydrogens is 305 g/mol. The second-order valence-corrected chi connectivity index (χ2v) is 5.61. The quantitative estimate of drug-likeness (QED) is 0.823. The zero-order valence-corrected chi connectivity index (χ0v) is 12.0. The Kier molecular flexibility index (Phi) is 4.49. The van der Waals surface area contributed by atoms with Gasteiger partial charge in [0.1, 0.15) is 0 Å². The van der Waals surface area contributed by atoms with E-state index in [0.717, 1.165) is 44.5 Å². The van der Waals surface area contributed by atoms with Crippen molar-refractivity contribution in [2.75, 3.05) is 18.4 Å². The summed E-state index contributed by atoms with van der Waals surface area (Å²) in [6.45, 7) is 1.78. The third-order valence-corrected chi connectivity index (χ3v) is 4.36. The van der Waals surface area contributed by atoms with Crippen LogP contribution >= 0.6 is 12.4 Å². The van der Waals surface area contributed by atoms with Gasteiger partial charge in [0.2, 0.25) is 5.91 Å². The Bertz CT molecular complexity index is 538. The molecule has 3 rings (SSSR count). The number of amides is 1. The number of carbonyl (C=O) groups excluding carboxylic acids is 1. The van der Waals surface area contributed by atoms with Crippen LogP contribution in [0.5, 0.6) is 0 Å². The van der Waals surface area contributed by atoms with Crippen molar-refractivity contribution in [3.63, 3.8) is 0 Å². The summed E-state index contributed by atoms with van der Waals surface area (Å²) in [6, 6.07) is 1.60. The molecule has 1 saturated carbocycles. The predicted molar refractivity (Wildman–Crippen MR) is 74.8 cm³/mol. The Morgan fingerprint density at radius 3 is 2.33 bits per heavy atom. The fourth-order valence-corrected chi connectivity index (χ4v) is 3.05. The lowest BCUT2D eigenvalue weighted by Crippen LogP contribution is -2.31. The second-order valence-electron chi connectivity index (χ2n) is 5.61. The lowest BCUT2D eigenvalue weighted by molar-refractivity contribution is -0.118. The summed E-state index contributed by atoms with van der Waals surface area (Å²) in [4.78, 5) is 12.1. The molecule has 0 radical (unpaired) electrons. The van der Waals surface area contributed by atoms with Gasteiger partial charge in [-0.15, -0.1) is 12.4 Å². The van der Waals surface area contributed by atoms with Crippen molar-refractivity contribution < 1.29 is 18.0 Å². The van der Waals surface area contributed by atoms with Gasteiger partial charge in [0.25, 0.3) is 0 Å². The summed E-state index contributed by atoms with van der Waals surface area (Å²) >= 11 is 0. The molecule has 2 fully saturated rings. The van der Waals surface area contributed by atoms with E-state index < -0.39 is 17.5 Å². The van der Waals surface area contributed by atoms with Crippen LogP contribution in [-0.4, -0.2) is 19.0 Å². The van der Waals surface area contributed by atoms with Gasteiger partial charge in [-0.1, -0.05) is 0 Å². The van der Waals surface area contributed by atoms with Gasteiger partial charge in [-0.25, -0.2) is 13.2 Å². The Labute approximate surface area is 126 Å². The molecular formula is C14H16ClF3N2O. The SMILES string of the molecule is Cl.O=C(Nc1cc(F)c(F)c(F)c1)C1CC12CCNCC2. The van der Waals surface area contributed by atoms with E-state index in [9.17, 15) is 18.0 Å². The number of halogens is 4. The molecule has 1 heterocycles. The lowest BCUT2D eigenvalue weighted by Gasteiger charge is -2.23. The van der Waals surface area contributed by atoms with E-state index >= 15 is 0 Å². The highest BCUT2D eigenvalue weighted by Gasteiger charge is 2.57. The van der Waals surface area contributed by atoms with Gasteiger partial charge in [0.15, 0.2) is 17.5 Å². The average Bonchev–Trinajstić information content (AvgIpc) is 3.10. The summed E-state index contributed by atoms with van der Waals surface area (Å²) in [5, 5.41) is 5.72. The van der Waals surface area contributed by atoms with Crippen LogP contribution in [0.4, 0.5) is 18.9 Å². The minimum Gasteiger partial charge on any atom is -0.326 e. The van der Waals surface area contributed by atoms with Crippen molar-refractivity contribution >= 4 is 24.0 Å². The summed E-state index contributed by atoms with van der Waals surface area (Å²) in [5.41, 5.74) is 0.00861. The van der Waals surface area contributed by atoms with Gasteiger partial charge < -0.3 is 10.6 Å². The Balaban J connectivity index is 0.00000161. The van der Waals surface area contributed by atoms with Crippen LogP contribution < -0.4 is 10.6 Å². The monoisotopic (exact) mass is 320 g/mol. The first-order valence-corrected chi connectivity index (χ1v) is 6.68. The third kappa shape index (κ3) is 3.01. The number of hydrogen-bond acceptors (Lipinski definition) is 2. The fourth-order valence-electron chi connectivity index (χ4n) is 3.05. The van der Waals surface area contributed by atoms with Crippen molar-refractivity contribution in [2.45, 2.75) is 19.3 Å². The molecule has 7 heteroatoms. The van der Waals surface area contributed by atoms with E-state index in [0.29, 0.717) is 0 Å². The van der Waals surface area contributed by atoms with Crippen LogP contribution in [-0.2, 0) is 4.79 Å². The van der Waals surface area contributed by atoms with Crippen LogP contribution in [0.3, 0.4) is 0 Å². The molecule has 2 aliphatic rings. The lowest BCUT2D eigenvalue weighted by atomic mass is 9.92. The van der Waals surface area contributed by atoms with Gasteiger partial charge >= 0.3 is 0 Å². The normalized spacial score (nSPS) is 22.5. The molecule has 2 N–H and O–H groups in total. The molecule has 1 spiro atoms. The topological polar surface area (TPSA) is 41.1 Å². The van der Waals surface area contributed by atoms with Crippen LogP contribution in [0.15, 0.2) is 12.1 Å². The second kappa shape index (κ2) is 5.85. The van der Waals surface area contributed by atoms with Gasteiger partial charge in [-0.3, -0.25) is 4.79 Å². The zero-order chi connectivity index (χ0) is 14.3. The van der Waals surface area contributed by atoms with Crippen LogP contribution in [0.1, 0.15) is 19.3 Å². The minimum absolute atomic E-state index is 0. The number of benzene rings is 1. The van der Waals surface area contributed by atoms with E-state index in [1.54, 1.807) is 0 Å². The summed E-state index contributed by atoms with van der Waals surface area (Å²) in [7, 11) is 0.